The van der Waals surface area contributed by atoms with Crippen molar-refractivity contribution in [2.75, 3.05) is 27.4 Å². The predicted molar refractivity (Wildman–Crippen MR) is 142 cm³/mol. The Bertz CT molecular complexity index is 1580. The lowest BCUT2D eigenvalue weighted by atomic mass is 9.95. The Labute approximate surface area is 223 Å². The highest BCUT2D eigenvalue weighted by molar-refractivity contribution is 7.07. The molecule has 1 aliphatic rings. The molecule has 1 aliphatic heterocycles. The van der Waals surface area contributed by atoms with E-state index in [9.17, 15) is 14.4 Å². The van der Waals surface area contributed by atoms with E-state index in [4.69, 9.17) is 14.2 Å². The van der Waals surface area contributed by atoms with Crippen molar-refractivity contribution in [3.05, 3.63) is 90.1 Å². The summed E-state index contributed by atoms with van der Waals surface area (Å²) >= 11 is 1.23. The molecule has 0 bridgehead atoms. The lowest BCUT2D eigenvalue weighted by Crippen LogP contribution is -2.39. The van der Waals surface area contributed by atoms with Gasteiger partial charge in [0.1, 0.15) is 0 Å². The molecular weight excluding hydrogens is 508 g/mol. The molecule has 2 aromatic carbocycles. The Morgan fingerprint density at radius 3 is 2.47 bits per heavy atom. The first kappa shape index (κ1) is 26.9. The van der Waals surface area contributed by atoms with Crippen molar-refractivity contribution in [3.63, 3.8) is 0 Å². The van der Waals surface area contributed by atoms with Gasteiger partial charge in [0.2, 0.25) is 0 Å². The fourth-order valence-corrected chi connectivity index (χ4v) is 5.14. The molecule has 0 amide bonds. The Hall–Kier alpha value is -4.18. The molecule has 0 unspecified atom stereocenters. The highest BCUT2D eigenvalue weighted by atomic mass is 32.1. The highest BCUT2D eigenvalue weighted by Gasteiger charge is 2.33. The van der Waals surface area contributed by atoms with Gasteiger partial charge >= 0.3 is 11.9 Å². The summed E-state index contributed by atoms with van der Waals surface area (Å²) in [7, 11) is 2.77. The average molecular weight is 537 g/mol. The fraction of sp³-hybridized carbons (Fsp3) is 0.286. The van der Waals surface area contributed by atoms with Gasteiger partial charge in [-0.3, -0.25) is 9.36 Å². The first-order valence-electron chi connectivity index (χ1n) is 11.9. The minimum atomic E-state index is -0.670. The van der Waals surface area contributed by atoms with Crippen LogP contribution in [0, 0.1) is 6.92 Å². The number of nitrogens with zero attached hydrogens (tertiary/aromatic N) is 2. The summed E-state index contributed by atoms with van der Waals surface area (Å²) in [6, 6.07) is 12.1. The minimum absolute atomic E-state index is 0.210. The van der Waals surface area contributed by atoms with Crippen molar-refractivity contribution >= 4 is 29.4 Å². The molecule has 0 saturated carbocycles. The maximum Gasteiger partial charge on any atom is 0.343 e. The smallest absolute Gasteiger partial charge is 0.343 e. The van der Waals surface area contributed by atoms with Crippen molar-refractivity contribution in [2.45, 2.75) is 26.8 Å². The summed E-state index contributed by atoms with van der Waals surface area (Å²) in [4.78, 5) is 43.2. The van der Waals surface area contributed by atoms with Crippen LogP contribution < -0.4 is 24.4 Å². The van der Waals surface area contributed by atoms with E-state index in [2.05, 4.69) is 9.73 Å². The number of allylic oxidation sites excluding steroid dienone is 1. The van der Waals surface area contributed by atoms with Gasteiger partial charge in [0.15, 0.2) is 22.9 Å². The number of ether oxygens (including phenoxy) is 4. The molecule has 0 aliphatic carbocycles. The van der Waals surface area contributed by atoms with Crippen molar-refractivity contribution in [1.82, 2.24) is 4.57 Å². The summed E-state index contributed by atoms with van der Waals surface area (Å²) in [5.41, 5.74) is 3.10. The lowest BCUT2D eigenvalue weighted by Gasteiger charge is -2.24. The van der Waals surface area contributed by atoms with E-state index >= 15 is 0 Å². The molecule has 0 saturated heterocycles. The monoisotopic (exact) mass is 536 g/mol. The highest BCUT2D eigenvalue weighted by Crippen LogP contribution is 2.31. The third kappa shape index (κ3) is 5.40. The number of hydrogen-bond acceptors (Lipinski definition) is 9. The standard InChI is InChI=1S/C28H28N2O7S/c1-6-36-27(33)24-17(3)29-28-30(25(24)19-10-7-16(2)8-11-19)26(32)22(38-28)14-18-9-12-20(21(13-18)34-4)37-15-23(31)35-5/h7-14,25H,6,15H2,1-5H3/b22-14+/t25-/m0/s1. The van der Waals surface area contributed by atoms with Crippen LogP contribution in [0.5, 0.6) is 11.5 Å². The minimum Gasteiger partial charge on any atom is -0.493 e. The van der Waals surface area contributed by atoms with Crippen LogP contribution in [0.15, 0.2) is 63.5 Å². The zero-order valence-corrected chi connectivity index (χ0v) is 22.6. The number of fused-ring (bicyclic) bond motifs is 1. The Balaban J connectivity index is 1.82. The summed E-state index contributed by atoms with van der Waals surface area (Å²) in [6.07, 6.45) is 1.73. The summed E-state index contributed by atoms with van der Waals surface area (Å²) in [5, 5.41) is 0. The molecule has 1 aromatic heterocycles. The number of carbonyl (C=O) groups is 2. The van der Waals surface area contributed by atoms with Gasteiger partial charge in [0.05, 0.1) is 42.7 Å². The van der Waals surface area contributed by atoms with Crippen LogP contribution in [0.2, 0.25) is 0 Å². The van der Waals surface area contributed by atoms with Gasteiger partial charge in [-0.2, -0.15) is 0 Å². The number of esters is 2. The van der Waals surface area contributed by atoms with E-state index < -0.39 is 18.0 Å². The second-order valence-corrected chi connectivity index (χ2v) is 9.50. The molecule has 198 valence electrons. The lowest BCUT2D eigenvalue weighted by molar-refractivity contribution is -0.143. The number of methoxy groups -OCH3 is 2. The second-order valence-electron chi connectivity index (χ2n) is 8.49. The molecule has 3 aromatic rings. The predicted octanol–water partition coefficient (Wildman–Crippen LogP) is 2.67. The number of aryl methyl sites for hydroxylation is 1. The van der Waals surface area contributed by atoms with Gasteiger partial charge in [0.25, 0.3) is 5.56 Å². The number of rotatable bonds is 8. The third-order valence-corrected chi connectivity index (χ3v) is 6.95. The molecule has 38 heavy (non-hydrogen) atoms. The number of hydrogen-bond donors (Lipinski definition) is 0. The van der Waals surface area contributed by atoms with E-state index in [1.165, 1.54) is 25.6 Å². The molecular formula is C28H28N2O7S. The van der Waals surface area contributed by atoms with Crippen LogP contribution in [0.3, 0.4) is 0 Å². The molecule has 0 fully saturated rings. The molecule has 0 spiro atoms. The molecule has 2 heterocycles. The van der Waals surface area contributed by atoms with Crippen LogP contribution in [0.1, 0.15) is 36.6 Å². The van der Waals surface area contributed by atoms with Crippen molar-refractivity contribution in [2.24, 2.45) is 4.99 Å². The molecule has 9 nitrogen and oxygen atoms in total. The Morgan fingerprint density at radius 2 is 1.82 bits per heavy atom. The Morgan fingerprint density at radius 1 is 1.08 bits per heavy atom. The number of thiazole rings is 1. The molecule has 1 atom stereocenters. The van der Waals surface area contributed by atoms with Crippen molar-refractivity contribution in [3.8, 4) is 11.5 Å². The van der Waals surface area contributed by atoms with Gasteiger partial charge in [0, 0.05) is 0 Å². The topological polar surface area (TPSA) is 105 Å². The Kier molecular flexibility index (Phi) is 8.11. The number of carbonyl (C=O) groups excluding carboxylic acids is 2. The number of aromatic nitrogens is 1. The van der Waals surface area contributed by atoms with Gasteiger partial charge < -0.3 is 18.9 Å². The van der Waals surface area contributed by atoms with Crippen molar-refractivity contribution < 1.29 is 28.5 Å². The van der Waals surface area contributed by atoms with E-state index in [-0.39, 0.29) is 18.8 Å². The second kappa shape index (κ2) is 11.5. The van der Waals surface area contributed by atoms with Gasteiger partial charge in [-0.1, -0.05) is 47.2 Å². The maximum absolute atomic E-state index is 13.7. The summed E-state index contributed by atoms with van der Waals surface area (Å²) < 4.78 is 22.8. The SMILES string of the molecule is CCOC(=O)C1=C(C)N=c2s/c(=C/c3ccc(OCC(=O)OC)c(OC)c3)c(=O)n2[C@H]1c1ccc(C)cc1. The quantitative estimate of drug-likeness (QED) is 0.408. The first-order valence-corrected chi connectivity index (χ1v) is 12.7. The third-order valence-electron chi connectivity index (χ3n) is 5.97. The zero-order valence-electron chi connectivity index (χ0n) is 21.8. The van der Waals surface area contributed by atoms with E-state index in [1.807, 2.05) is 31.2 Å². The van der Waals surface area contributed by atoms with Gasteiger partial charge in [-0.15, -0.1) is 0 Å². The number of benzene rings is 2. The van der Waals surface area contributed by atoms with Crippen LogP contribution in [-0.2, 0) is 19.1 Å². The van der Waals surface area contributed by atoms with Gasteiger partial charge in [-0.05, 0) is 50.1 Å². The molecule has 4 rings (SSSR count). The summed E-state index contributed by atoms with van der Waals surface area (Å²) in [6.45, 7) is 5.42. The molecule has 0 N–H and O–H groups in total. The molecule has 10 heteroatoms. The maximum atomic E-state index is 13.7. The first-order chi connectivity index (χ1) is 18.3. The normalized spacial score (nSPS) is 15.0. The van der Waals surface area contributed by atoms with E-state index in [0.717, 1.165) is 11.1 Å². The van der Waals surface area contributed by atoms with Crippen LogP contribution in [-0.4, -0.2) is 43.9 Å². The largest absolute Gasteiger partial charge is 0.493 e. The van der Waals surface area contributed by atoms with E-state index in [0.29, 0.717) is 37.7 Å². The zero-order chi connectivity index (χ0) is 27.4. The van der Waals surface area contributed by atoms with Crippen molar-refractivity contribution in [1.29, 1.82) is 0 Å². The average Bonchev–Trinajstić information content (AvgIpc) is 3.21. The van der Waals surface area contributed by atoms with Crippen LogP contribution >= 0.6 is 11.3 Å². The summed E-state index contributed by atoms with van der Waals surface area (Å²) in [5.74, 6) is -0.252. The molecule has 0 radical (unpaired) electrons. The van der Waals surface area contributed by atoms with Crippen LogP contribution in [0.4, 0.5) is 0 Å². The van der Waals surface area contributed by atoms with Gasteiger partial charge in [-0.25, -0.2) is 14.6 Å². The van der Waals surface area contributed by atoms with Crippen LogP contribution in [0.25, 0.3) is 6.08 Å². The van der Waals surface area contributed by atoms with E-state index in [1.54, 1.807) is 42.7 Å². The fourth-order valence-electron chi connectivity index (χ4n) is 4.10.